The normalized spacial score (nSPS) is 42.0. The Kier molecular flexibility index (Phi) is 1.22. The molecule has 1 N–H and O–H groups in total. The molecule has 0 aromatic heterocycles. The molecule has 1 heteroatoms. The third-order valence-corrected chi connectivity index (χ3v) is 4.56. The zero-order valence-electron chi connectivity index (χ0n) is 8.24. The van der Waals surface area contributed by atoms with Gasteiger partial charge in [-0.2, -0.15) is 0 Å². The van der Waals surface area contributed by atoms with Gasteiger partial charge in [-0.05, 0) is 42.7 Å². The Balaban J connectivity index is 1.86. The highest BCUT2D eigenvalue weighted by Crippen LogP contribution is 2.58. The minimum absolute atomic E-state index is 0.783. The van der Waals surface area contributed by atoms with Crippen molar-refractivity contribution in [1.29, 1.82) is 0 Å². The topological polar surface area (TPSA) is 12.0 Å². The van der Waals surface area contributed by atoms with Crippen LogP contribution in [0.5, 0.6) is 0 Å². The highest BCUT2D eigenvalue weighted by atomic mass is 15.0. The molecule has 1 aliphatic heterocycles. The largest absolute Gasteiger partial charge is 0.381 e. The molecule has 72 valence electrons. The lowest BCUT2D eigenvalue weighted by molar-refractivity contribution is 0.401. The van der Waals surface area contributed by atoms with Gasteiger partial charge in [0.05, 0.1) is 0 Å². The number of benzene rings is 1. The standard InChI is InChI=1S/C13H15N/c1-2-4-11-10(3-1)12-8-5-6-9(7-8)13(12)14-11/h1-4,8-9,12-14H,5-7H2/t8-,9+,12-,13-/m0/s1. The summed E-state index contributed by atoms with van der Waals surface area (Å²) in [5.41, 5.74) is 3.02. The SMILES string of the molecule is c1ccc2c(c1)N[C@H]1[C@@H]3CC[C@@H](C3)[C@@H]21. The van der Waals surface area contributed by atoms with Crippen molar-refractivity contribution in [3.05, 3.63) is 29.8 Å². The van der Waals surface area contributed by atoms with Crippen LogP contribution in [0.4, 0.5) is 5.69 Å². The van der Waals surface area contributed by atoms with Gasteiger partial charge in [0, 0.05) is 17.6 Å². The van der Waals surface area contributed by atoms with Crippen LogP contribution in [-0.2, 0) is 0 Å². The van der Waals surface area contributed by atoms with Gasteiger partial charge in [0.1, 0.15) is 0 Å². The van der Waals surface area contributed by atoms with Crippen LogP contribution < -0.4 is 5.32 Å². The molecule has 1 nitrogen and oxygen atoms in total. The number of hydrogen-bond donors (Lipinski definition) is 1. The van der Waals surface area contributed by atoms with Crippen LogP contribution in [0.15, 0.2) is 24.3 Å². The van der Waals surface area contributed by atoms with Gasteiger partial charge in [0.2, 0.25) is 0 Å². The third kappa shape index (κ3) is 0.727. The predicted molar refractivity (Wildman–Crippen MR) is 57.4 cm³/mol. The Morgan fingerprint density at radius 3 is 2.93 bits per heavy atom. The molecule has 2 bridgehead atoms. The van der Waals surface area contributed by atoms with Crippen molar-refractivity contribution in [1.82, 2.24) is 0 Å². The maximum absolute atomic E-state index is 3.73. The second kappa shape index (κ2) is 2.33. The first kappa shape index (κ1) is 7.33. The molecule has 1 heterocycles. The van der Waals surface area contributed by atoms with Crippen LogP contribution in [0.3, 0.4) is 0 Å². The molecule has 2 fully saturated rings. The Labute approximate surface area is 84.5 Å². The lowest BCUT2D eigenvalue weighted by Crippen LogP contribution is -2.27. The molecule has 2 aliphatic carbocycles. The van der Waals surface area contributed by atoms with Crippen LogP contribution in [0.25, 0.3) is 0 Å². The lowest BCUT2D eigenvalue weighted by Gasteiger charge is -2.24. The molecule has 2 saturated carbocycles. The molecule has 0 amide bonds. The minimum Gasteiger partial charge on any atom is -0.381 e. The summed E-state index contributed by atoms with van der Waals surface area (Å²) in [6.45, 7) is 0. The number of hydrogen-bond acceptors (Lipinski definition) is 1. The highest BCUT2D eigenvalue weighted by Gasteiger charge is 2.51. The molecule has 4 rings (SSSR count). The van der Waals surface area contributed by atoms with Crippen LogP contribution in [0, 0.1) is 11.8 Å². The molecular weight excluding hydrogens is 170 g/mol. The van der Waals surface area contributed by atoms with Crippen LogP contribution >= 0.6 is 0 Å². The summed E-state index contributed by atoms with van der Waals surface area (Å²) in [5, 5.41) is 3.73. The van der Waals surface area contributed by atoms with E-state index in [1.165, 1.54) is 24.9 Å². The van der Waals surface area contributed by atoms with Crippen molar-refractivity contribution < 1.29 is 0 Å². The van der Waals surface area contributed by atoms with Crippen molar-refractivity contribution in [2.45, 2.75) is 31.2 Å². The number of anilines is 1. The van der Waals surface area contributed by atoms with Gasteiger partial charge in [-0.25, -0.2) is 0 Å². The zero-order valence-corrected chi connectivity index (χ0v) is 8.24. The van der Waals surface area contributed by atoms with Crippen LogP contribution in [-0.4, -0.2) is 6.04 Å². The van der Waals surface area contributed by atoms with Crippen LogP contribution in [0.1, 0.15) is 30.7 Å². The molecule has 0 spiro atoms. The molecule has 3 aliphatic rings. The molecule has 0 saturated heterocycles. The summed E-state index contributed by atoms with van der Waals surface area (Å²) in [5.74, 6) is 2.81. The lowest BCUT2D eigenvalue weighted by atomic mass is 9.82. The fourth-order valence-electron chi connectivity index (χ4n) is 4.05. The zero-order chi connectivity index (χ0) is 9.12. The first-order valence-corrected chi connectivity index (χ1v) is 5.79. The molecular formula is C13H15N. The highest BCUT2D eigenvalue weighted by molar-refractivity contribution is 5.60. The fourth-order valence-corrected chi connectivity index (χ4v) is 4.05. The first-order chi connectivity index (χ1) is 6.93. The summed E-state index contributed by atoms with van der Waals surface area (Å²) in [6.07, 6.45) is 4.42. The van der Waals surface area contributed by atoms with E-state index in [0.29, 0.717) is 0 Å². The second-order valence-electron chi connectivity index (χ2n) is 5.12. The van der Waals surface area contributed by atoms with Gasteiger partial charge in [-0.1, -0.05) is 18.2 Å². The summed E-state index contributed by atoms with van der Waals surface area (Å²) >= 11 is 0. The summed E-state index contributed by atoms with van der Waals surface area (Å²) < 4.78 is 0. The van der Waals surface area contributed by atoms with E-state index in [1.54, 1.807) is 5.56 Å². The van der Waals surface area contributed by atoms with Crippen LogP contribution in [0.2, 0.25) is 0 Å². The molecule has 1 aromatic rings. The molecule has 1 aromatic carbocycles. The van der Waals surface area contributed by atoms with Gasteiger partial charge in [0.25, 0.3) is 0 Å². The average Bonchev–Trinajstić information content (AvgIpc) is 2.88. The number of nitrogens with one attached hydrogen (secondary N) is 1. The van der Waals surface area contributed by atoms with Crippen molar-refractivity contribution in [3.8, 4) is 0 Å². The Hall–Kier alpha value is -0.980. The maximum Gasteiger partial charge on any atom is 0.0378 e. The Bertz CT molecular complexity index is 385. The molecule has 0 unspecified atom stereocenters. The van der Waals surface area contributed by atoms with Gasteiger partial charge >= 0.3 is 0 Å². The monoisotopic (exact) mass is 185 g/mol. The minimum atomic E-state index is 0.783. The van der Waals surface area contributed by atoms with Crippen molar-refractivity contribution in [3.63, 3.8) is 0 Å². The third-order valence-electron chi connectivity index (χ3n) is 4.56. The van der Waals surface area contributed by atoms with Crippen molar-refractivity contribution in [2.75, 3.05) is 5.32 Å². The van der Waals surface area contributed by atoms with Gasteiger partial charge in [-0.3, -0.25) is 0 Å². The van der Waals surface area contributed by atoms with Crippen molar-refractivity contribution >= 4 is 5.69 Å². The second-order valence-corrected chi connectivity index (χ2v) is 5.12. The van der Waals surface area contributed by atoms with Gasteiger partial charge < -0.3 is 5.32 Å². The van der Waals surface area contributed by atoms with E-state index in [9.17, 15) is 0 Å². The van der Waals surface area contributed by atoms with Crippen molar-refractivity contribution in [2.24, 2.45) is 11.8 Å². The quantitative estimate of drug-likeness (QED) is 0.655. The Morgan fingerprint density at radius 1 is 1.07 bits per heavy atom. The number of rotatable bonds is 0. The Morgan fingerprint density at radius 2 is 1.93 bits per heavy atom. The van der Waals surface area contributed by atoms with E-state index in [0.717, 1.165) is 23.8 Å². The molecule has 4 atom stereocenters. The van der Waals surface area contributed by atoms with E-state index < -0.39 is 0 Å². The van der Waals surface area contributed by atoms with E-state index in [4.69, 9.17) is 0 Å². The van der Waals surface area contributed by atoms with E-state index >= 15 is 0 Å². The molecule has 14 heavy (non-hydrogen) atoms. The summed E-state index contributed by atoms with van der Waals surface area (Å²) in [7, 11) is 0. The van der Waals surface area contributed by atoms with E-state index in [2.05, 4.69) is 29.6 Å². The van der Waals surface area contributed by atoms with E-state index in [-0.39, 0.29) is 0 Å². The van der Waals surface area contributed by atoms with E-state index in [1.807, 2.05) is 0 Å². The average molecular weight is 185 g/mol. The van der Waals surface area contributed by atoms with Gasteiger partial charge in [-0.15, -0.1) is 0 Å². The summed E-state index contributed by atoms with van der Waals surface area (Å²) in [6, 6.07) is 9.69. The predicted octanol–water partition coefficient (Wildman–Crippen LogP) is 2.99. The smallest absolute Gasteiger partial charge is 0.0378 e. The fraction of sp³-hybridized carbons (Fsp3) is 0.538. The maximum atomic E-state index is 3.73. The summed E-state index contributed by atoms with van der Waals surface area (Å²) in [4.78, 5) is 0. The van der Waals surface area contributed by atoms with Gasteiger partial charge in [0.15, 0.2) is 0 Å². The molecule has 0 radical (unpaired) electrons. The number of fused-ring (bicyclic) bond motifs is 7. The first-order valence-electron chi connectivity index (χ1n) is 5.79. The number of para-hydroxylation sites is 1.